The van der Waals surface area contributed by atoms with Crippen LogP contribution in [0, 0.1) is 10.1 Å². The number of rotatable bonds is 2. The number of aromatic nitrogens is 1. The molecule has 0 aliphatic carbocycles. The number of hydrogen-bond acceptors (Lipinski definition) is 2. The van der Waals surface area contributed by atoms with Gasteiger partial charge in [-0.15, -0.1) is 0 Å². The second kappa shape index (κ2) is 5.21. The molecule has 1 heterocycles. The Balaban J connectivity index is 2.22. The van der Waals surface area contributed by atoms with Crippen LogP contribution in [0.1, 0.15) is 0 Å². The van der Waals surface area contributed by atoms with Crippen molar-refractivity contribution >= 4 is 43.4 Å². The van der Waals surface area contributed by atoms with E-state index in [9.17, 15) is 10.1 Å². The van der Waals surface area contributed by atoms with Gasteiger partial charge in [0.25, 0.3) is 0 Å². The summed E-state index contributed by atoms with van der Waals surface area (Å²) in [7, 11) is 0. The van der Waals surface area contributed by atoms with Crippen LogP contribution in [0.3, 0.4) is 0 Å². The van der Waals surface area contributed by atoms with Gasteiger partial charge in [0, 0.05) is 10.8 Å². The molecule has 0 saturated heterocycles. The summed E-state index contributed by atoms with van der Waals surface area (Å²) in [6.07, 6.45) is 0. The molecule has 4 aromatic rings. The highest BCUT2D eigenvalue weighted by atomic mass is 79.9. The number of nitro groups is 1. The van der Waals surface area contributed by atoms with E-state index >= 15 is 0 Å². The van der Waals surface area contributed by atoms with Crippen molar-refractivity contribution in [1.82, 2.24) is 4.57 Å². The molecule has 0 saturated carbocycles. The normalized spacial score (nSPS) is 11.2. The third kappa shape index (κ3) is 2.04. The Bertz CT molecular complexity index is 1020. The smallest absolute Gasteiger partial charge is 0.303 e. The Morgan fingerprint density at radius 2 is 1.39 bits per heavy atom. The first-order valence-electron chi connectivity index (χ1n) is 7.10. The average Bonchev–Trinajstić information content (AvgIpc) is 2.89. The molecule has 3 aromatic carbocycles. The topological polar surface area (TPSA) is 48.1 Å². The molecule has 0 N–H and O–H groups in total. The van der Waals surface area contributed by atoms with Crippen molar-refractivity contribution < 1.29 is 4.92 Å². The Morgan fingerprint density at radius 1 is 0.826 bits per heavy atom. The zero-order chi connectivity index (χ0) is 16.0. The van der Waals surface area contributed by atoms with E-state index < -0.39 is 0 Å². The minimum atomic E-state index is -0.344. The van der Waals surface area contributed by atoms with Gasteiger partial charge >= 0.3 is 5.69 Å². The molecule has 0 bridgehead atoms. The minimum absolute atomic E-state index is 0.0685. The van der Waals surface area contributed by atoms with E-state index in [1.54, 1.807) is 12.1 Å². The molecule has 0 spiro atoms. The van der Waals surface area contributed by atoms with E-state index in [1.165, 1.54) is 0 Å². The maximum atomic E-state index is 11.6. The van der Waals surface area contributed by atoms with Crippen molar-refractivity contribution in [2.24, 2.45) is 0 Å². The van der Waals surface area contributed by atoms with Gasteiger partial charge in [-0.1, -0.05) is 42.5 Å². The lowest BCUT2D eigenvalue weighted by Gasteiger charge is -2.09. The highest BCUT2D eigenvalue weighted by Crippen LogP contribution is 2.37. The number of fused-ring (bicyclic) bond motifs is 3. The van der Waals surface area contributed by atoms with Crippen LogP contribution in [-0.2, 0) is 0 Å². The molecule has 112 valence electrons. The average molecular weight is 367 g/mol. The lowest BCUT2D eigenvalue weighted by atomic mass is 10.2. The first-order chi connectivity index (χ1) is 11.2. The Kier molecular flexibility index (Phi) is 3.16. The number of hydrogen-bond donors (Lipinski definition) is 0. The third-order valence-corrected chi connectivity index (χ3v) is 4.61. The molecule has 5 heteroatoms. The lowest BCUT2D eigenvalue weighted by molar-refractivity contribution is -0.385. The van der Waals surface area contributed by atoms with Crippen LogP contribution in [0.25, 0.3) is 27.5 Å². The van der Waals surface area contributed by atoms with Crippen molar-refractivity contribution in [3.8, 4) is 5.69 Å². The monoisotopic (exact) mass is 366 g/mol. The zero-order valence-electron chi connectivity index (χ0n) is 11.9. The molecule has 0 radical (unpaired) electrons. The van der Waals surface area contributed by atoms with E-state index in [0.29, 0.717) is 10.2 Å². The Morgan fingerprint density at radius 3 is 1.96 bits per heavy atom. The highest BCUT2D eigenvalue weighted by molar-refractivity contribution is 9.10. The van der Waals surface area contributed by atoms with Crippen molar-refractivity contribution in [3.63, 3.8) is 0 Å². The lowest BCUT2D eigenvalue weighted by Crippen LogP contribution is -2.00. The number of benzene rings is 3. The second-order valence-electron chi connectivity index (χ2n) is 5.23. The molecule has 0 unspecified atom stereocenters. The Hall–Kier alpha value is -2.66. The van der Waals surface area contributed by atoms with Crippen LogP contribution in [-0.4, -0.2) is 9.49 Å². The molecule has 1 aromatic heterocycles. The van der Waals surface area contributed by atoms with Crippen LogP contribution in [0.4, 0.5) is 5.69 Å². The molecule has 0 atom stereocenters. The number of halogens is 1. The predicted molar refractivity (Wildman–Crippen MR) is 95.1 cm³/mol. The summed E-state index contributed by atoms with van der Waals surface area (Å²) in [6, 6.07) is 21.2. The molecule has 0 amide bonds. The Labute approximate surface area is 140 Å². The minimum Gasteiger partial charge on any atom is -0.303 e. The van der Waals surface area contributed by atoms with Gasteiger partial charge in [-0.25, -0.2) is 0 Å². The number of nitro benzene ring substituents is 1. The van der Waals surface area contributed by atoms with E-state index in [2.05, 4.69) is 15.9 Å². The van der Waals surface area contributed by atoms with E-state index in [-0.39, 0.29) is 10.6 Å². The fourth-order valence-electron chi connectivity index (χ4n) is 3.05. The molecule has 0 aliphatic rings. The number of para-hydroxylation sites is 3. The van der Waals surface area contributed by atoms with Gasteiger partial charge in [-0.3, -0.25) is 10.1 Å². The van der Waals surface area contributed by atoms with Gasteiger partial charge in [0.15, 0.2) is 0 Å². The quantitative estimate of drug-likeness (QED) is 0.349. The number of nitrogens with zero attached hydrogens (tertiary/aromatic N) is 2. The summed E-state index contributed by atoms with van der Waals surface area (Å²) >= 11 is 3.31. The van der Waals surface area contributed by atoms with E-state index in [0.717, 1.165) is 21.8 Å². The van der Waals surface area contributed by atoms with Crippen molar-refractivity contribution in [2.45, 2.75) is 0 Å². The SMILES string of the molecule is O=[N+]([O-])c1c(Br)cccc1-n1c2ccccc2c2ccccc21. The summed E-state index contributed by atoms with van der Waals surface area (Å²) < 4.78 is 2.43. The molecular formula is C18H11BrN2O2. The summed E-state index contributed by atoms with van der Waals surface area (Å²) in [5.41, 5.74) is 2.53. The van der Waals surface area contributed by atoms with Crippen LogP contribution in [0.5, 0.6) is 0 Å². The fraction of sp³-hybridized carbons (Fsp3) is 0. The third-order valence-electron chi connectivity index (χ3n) is 3.97. The van der Waals surface area contributed by atoms with Gasteiger partial charge in [-0.2, -0.15) is 0 Å². The first-order valence-corrected chi connectivity index (χ1v) is 7.89. The summed E-state index contributed by atoms with van der Waals surface area (Å²) in [6.45, 7) is 0. The molecule has 0 fully saturated rings. The maximum Gasteiger partial charge on any atom is 0.307 e. The standard InChI is InChI=1S/C18H11BrN2O2/c19-14-8-5-11-17(18(14)21(22)23)20-15-9-3-1-6-12(15)13-7-2-4-10-16(13)20/h1-11H. The van der Waals surface area contributed by atoms with Crippen LogP contribution in [0.15, 0.2) is 71.2 Å². The molecule has 23 heavy (non-hydrogen) atoms. The highest BCUT2D eigenvalue weighted by Gasteiger charge is 2.22. The van der Waals surface area contributed by atoms with Gasteiger partial charge in [0.1, 0.15) is 5.69 Å². The summed E-state index contributed by atoms with van der Waals surface area (Å²) in [5, 5.41) is 13.7. The van der Waals surface area contributed by atoms with Crippen molar-refractivity contribution in [1.29, 1.82) is 0 Å². The molecule has 4 rings (SSSR count). The predicted octanol–water partition coefficient (Wildman–Crippen LogP) is 5.45. The van der Waals surface area contributed by atoms with Gasteiger partial charge in [0.2, 0.25) is 0 Å². The van der Waals surface area contributed by atoms with Crippen LogP contribution < -0.4 is 0 Å². The summed E-state index contributed by atoms with van der Waals surface area (Å²) in [4.78, 5) is 11.2. The molecular weight excluding hydrogens is 356 g/mol. The zero-order valence-corrected chi connectivity index (χ0v) is 13.5. The first kappa shape index (κ1) is 14.0. The van der Waals surface area contributed by atoms with Crippen LogP contribution >= 0.6 is 15.9 Å². The van der Waals surface area contributed by atoms with Gasteiger partial charge < -0.3 is 4.57 Å². The maximum absolute atomic E-state index is 11.6. The molecule has 0 aliphatic heterocycles. The van der Waals surface area contributed by atoms with E-state index in [4.69, 9.17) is 0 Å². The van der Waals surface area contributed by atoms with E-state index in [1.807, 2.05) is 59.2 Å². The summed E-state index contributed by atoms with van der Waals surface area (Å²) in [5.74, 6) is 0. The van der Waals surface area contributed by atoms with Crippen molar-refractivity contribution in [3.05, 3.63) is 81.3 Å². The van der Waals surface area contributed by atoms with Crippen LogP contribution in [0.2, 0.25) is 0 Å². The van der Waals surface area contributed by atoms with Gasteiger partial charge in [-0.05, 0) is 40.2 Å². The molecule has 4 nitrogen and oxygen atoms in total. The second-order valence-corrected chi connectivity index (χ2v) is 6.09. The largest absolute Gasteiger partial charge is 0.307 e. The van der Waals surface area contributed by atoms with Gasteiger partial charge in [0.05, 0.1) is 20.4 Å². The van der Waals surface area contributed by atoms with Crippen molar-refractivity contribution in [2.75, 3.05) is 0 Å². The fourth-order valence-corrected chi connectivity index (χ4v) is 3.55.